The molecule has 2 aromatic carbocycles. The standard InChI is InChI=1S/C24H21ClN2O4S/c1-14-6-8-16(9-7-14)20(28)13-31-23(30)18-11-21(29)27(12-18)24-26-22(15(2)32-24)17-4-3-5-19(25)10-17/h3-10,18H,11-13H2,1-2H3. The predicted molar refractivity (Wildman–Crippen MR) is 124 cm³/mol. The third-order valence-electron chi connectivity index (χ3n) is 5.29. The Bertz CT molecular complexity index is 1190. The number of rotatable bonds is 6. The van der Waals surface area contributed by atoms with Crippen LogP contribution in [0.15, 0.2) is 48.5 Å². The van der Waals surface area contributed by atoms with Gasteiger partial charge in [-0.2, -0.15) is 0 Å². The Morgan fingerprint density at radius 2 is 1.94 bits per heavy atom. The number of aryl methyl sites for hydroxylation is 2. The lowest BCUT2D eigenvalue weighted by molar-refractivity contribution is -0.147. The van der Waals surface area contributed by atoms with Gasteiger partial charge in [0.25, 0.3) is 0 Å². The molecule has 0 radical (unpaired) electrons. The fourth-order valence-electron chi connectivity index (χ4n) is 3.53. The van der Waals surface area contributed by atoms with Crippen LogP contribution in [0.3, 0.4) is 0 Å². The van der Waals surface area contributed by atoms with Crippen molar-refractivity contribution in [3.63, 3.8) is 0 Å². The van der Waals surface area contributed by atoms with Crippen LogP contribution in [0.2, 0.25) is 5.02 Å². The number of ether oxygens (including phenoxy) is 1. The number of hydrogen-bond acceptors (Lipinski definition) is 6. The Kier molecular flexibility index (Phi) is 6.39. The molecule has 164 valence electrons. The van der Waals surface area contributed by atoms with Crippen molar-refractivity contribution in [1.29, 1.82) is 0 Å². The van der Waals surface area contributed by atoms with Gasteiger partial charge in [0.2, 0.25) is 5.91 Å². The second-order valence-corrected chi connectivity index (χ2v) is 9.33. The van der Waals surface area contributed by atoms with Crippen molar-refractivity contribution in [3.05, 3.63) is 69.6 Å². The number of benzene rings is 2. The molecule has 32 heavy (non-hydrogen) atoms. The number of carbonyl (C=O) groups excluding carboxylic acids is 3. The highest BCUT2D eigenvalue weighted by molar-refractivity contribution is 7.16. The minimum Gasteiger partial charge on any atom is -0.457 e. The van der Waals surface area contributed by atoms with E-state index in [1.807, 2.05) is 44.2 Å². The van der Waals surface area contributed by atoms with Gasteiger partial charge in [0.05, 0.1) is 11.6 Å². The number of aromatic nitrogens is 1. The van der Waals surface area contributed by atoms with Crippen molar-refractivity contribution >= 4 is 45.7 Å². The van der Waals surface area contributed by atoms with Gasteiger partial charge in [-0.3, -0.25) is 19.3 Å². The maximum atomic E-state index is 12.6. The molecule has 0 bridgehead atoms. The van der Waals surface area contributed by atoms with Crippen molar-refractivity contribution in [2.75, 3.05) is 18.1 Å². The molecule has 3 aromatic rings. The van der Waals surface area contributed by atoms with E-state index in [-0.39, 0.29) is 31.3 Å². The molecule has 0 aliphatic carbocycles. The fraction of sp³-hybridized carbons (Fsp3) is 0.250. The first kappa shape index (κ1) is 22.2. The first-order valence-electron chi connectivity index (χ1n) is 10.1. The number of ketones is 1. The van der Waals surface area contributed by atoms with Crippen molar-refractivity contribution in [3.8, 4) is 11.3 Å². The number of esters is 1. The summed E-state index contributed by atoms with van der Waals surface area (Å²) in [6, 6.07) is 14.4. The van der Waals surface area contributed by atoms with E-state index in [9.17, 15) is 14.4 Å². The largest absolute Gasteiger partial charge is 0.457 e. The summed E-state index contributed by atoms with van der Waals surface area (Å²) in [6.45, 7) is 3.69. The van der Waals surface area contributed by atoms with Crippen LogP contribution < -0.4 is 4.90 Å². The van der Waals surface area contributed by atoms with Crippen LogP contribution >= 0.6 is 22.9 Å². The third kappa shape index (κ3) is 4.74. The minimum atomic E-state index is -0.632. The molecule has 1 aliphatic heterocycles. The van der Waals surface area contributed by atoms with Crippen LogP contribution in [0.1, 0.15) is 27.2 Å². The SMILES string of the molecule is Cc1ccc(C(=O)COC(=O)C2CC(=O)N(c3nc(-c4cccc(Cl)c4)c(C)s3)C2)cc1. The summed E-state index contributed by atoms with van der Waals surface area (Å²) in [4.78, 5) is 44.4. The van der Waals surface area contributed by atoms with Gasteiger partial charge in [0.1, 0.15) is 0 Å². The van der Waals surface area contributed by atoms with E-state index in [0.29, 0.717) is 15.7 Å². The molecule has 8 heteroatoms. The molecule has 1 aromatic heterocycles. The summed E-state index contributed by atoms with van der Waals surface area (Å²) in [7, 11) is 0. The second kappa shape index (κ2) is 9.22. The Balaban J connectivity index is 1.41. The normalized spacial score (nSPS) is 15.8. The summed E-state index contributed by atoms with van der Waals surface area (Å²) in [6.07, 6.45) is 0.0304. The molecule has 1 atom stereocenters. The van der Waals surface area contributed by atoms with E-state index in [1.165, 1.54) is 16.2 Å². The molecule has 1 aliphatic rings. The zero-order valence-electron chi connectivity index (χ0n) is 17.6. The van der Waals surface area contributed by atoms with E-state index in [0.717, 1.165) is 21.7 Å². The molecule has 0 spiro atoms. The number of Topliss-reactive ketones (excluding diaryl/α,β-unsaturated/α-hetero) is 1. The maximum absolute atomic E-state index is 12.6. The number of amides is 1. The summed E-state index contributed by atoms with van der Waals surface area (Å²) < 4.78 is 5.22. The van der Waals surface area contributed by atoms with Crippen molar-refractivity contribution < 1.29 is 19.1 Å². The van der Waals surface area contributed by atoms with Crippen LogP contribution in [0, 0.1) is 19.8 Å². The highest BCUT2D eigenvalue weighted by Crippen LogP contribution is 2.36. The summed E-state index contributed by atoms with van der Waals surface area (Å²) in [5, 5.41) is 1.14. The van der Waals surface area contributed by atoms with E-state index < -0.39 is 11.9 Å². The van der Waals surface area contributed by atoms with Crippen LogP contribution in [-0.2, 0) is 14.3 Å². The highest BCUT2D eigenvalue weighted by atomic mass is 35.5. The van der Waals surface area contributed by atoms with Gasteiger partial charge in [-0.1, -0.05) is 53.6 Å². The van der Waals surface area contributed by atoms with Crippen LogP contribution in [0.5, 0.6) is 0 Å². The van der Waals surface area contributed by atoms with Crippen LogP contribution in [-0.4, -0.2) is 35.8 Å². The molecule has 4 rings (SSSR count). The van der Waals surface area contributed by atoms with Gasteiger partial charge < -0.3 is 4.74 Å². The molecule has 6 nitrogen and oxygen atoms in total. The molecule has 2 heterocycles. The molecule has 0 saturated carbocycles. The minimum absolute atomic E-state index is 0.0304. The lowest BCUT2D eigenvalue weighted by atomic mass is 10.1. The number of carbonyl (C=O) groups is 3. The molecular weight excluding hydrogens is 448 g/mol. The van der Waals surface area contributed by atoms with Gasteiger partial charge in [0, 0.05) is 34.0 Å². The molecular formula is C24H21ClN2O4S. The number of halogens is 1. The molecule has 1 unspecified atom stereocenters. The van der Waals surface area contributed by atoms with Gasteiger partial charge in [-0.05, 0) is 26.0 Å². The quantitative estimate of drug-likeness (QED) is 0.381. The summed E-state index contributed by atoms with van der Waals surface area (Å²) in [5.41, 5.74) is 3.16. The van der Waals surface area contributed by atoms with E-state index in [4.69, 9.17) is 16.3 Å². The van der Waals surface area contributed by atoms with E-state index in [2.05, 4.69) is 4.98 Å². The Labute approximate surface area is 194 Å². The van der Waals surface area contributed by atoms with E-state index in [1.54, 1.807) is 18.2 Å². The molecule has 1 fully saturated rings. The van der Waals surface area contributed by atoms with Gasteiger partial charge in [-0.15, -0.1) is 11.3 Å². The van der Waals surface area contributed by atoms with Crippen LogP contribution in [0.25, 0.3) is 11.3 Å². The number of anilines is 1. The lowest BCUT2D eigenvalue weighted by Crippen LogP contribution is -2.27. The third-order valence-corrected chi connectivity index (χ3v) is 6.52. The summed E-state index contributed by atoms with van der Waals surface area (Å²) in [5.74, 6) is -1.65. The van der Waals surface area contributed by atoms with E-state index >= 15 is 0 Å². The topological polar surface area (TPSA) is 76.6 Å². The van der Waals surface area contributed by atoms with Gasteiger partial charge in [-0.25, -0.2) is 4.98 Å². The fourth-order valence-corrected chi connectivity index (χ4v) is 4.68. The Morgan fingerprint density at radius 3 is 2.66 bits per heavy atom. The average molecular weight is 469 g/mol. The number of nitrogens with zero attached hydrogens (tertiary/aromatic N) is 2. The lowest BCUT2D eigenvalue weighted by Gasteiger charge is -2.12. The zero-order chi connectivity index (χ0) is 22.8. The smallest absolute Gasteiger partial charge is 0.311 e. The van der Waals surface area contributed by atoms with Gasteiger partial charge in [0.15, 0.2) is 17.5 Å². The maximum Gasteiger partial charge on any atom is 0.311 e. The first-order valence-corrected chi connectivity index (χ1v) is 11.3. The van der Waals surface area contributed by atoms with Crippen molar-refractivity contribution in [1.82, 2.24) is 4.98 Å². The average Bonchev–Trinajstić information content (AvgIpc) is 3.35. The highest BCUT2D eigenvalue weighted by Gasteiger charge is 2.38. The molecule has 1 amide bonds. The van der Waals surface area contributed by atoms with Gasteiger partial charge >= 0.3 is 5.97 Å². The second-order valence-electron chi connectivity index (χ2n) is 7.71. The Morgan fingerprint density at radius 1 is 1.19 bits per heavy atom. The van der Waals surface area contributed by atoms with Crippen molar-refractivity contribution in [2.45, 2.75) is 20.3 Å². The molecule has 0 N–H and O–H groups in total. The molecule has 1 saturated heterocycles. The summed E-state index contributed by atoms with van der Waals surface area (Å²) >= 11 is 7.48. The van der Waals surface area contributed by atoms with Crippen LogP contribution in [0.4, 0.5) is 5.13 Å². The zero-order valence-corrected chi connectivity index (χ0v) is 19.2. The number of hydrogen-bond donors (Lipinski definition) is 0. The van der Waals surface area contributed by atoms with Crippen molar-refractivity contribution in [2.24, 2.45) is 5.92 Å². The predicted octanol–water partition coefficient (Wildman–Crippen LogP) is 4.86. The monoisotopic (exact) mass is 468 g/mol. The first-order chi connectivity index (χ1) is 15.3. The Hall–Kier alpha value is -3.03. The number of thiazole rings is 1.